The molecule has 0 radical (unpaired) electrons. The van der Waals surface area contributed by atoms with Crippen molar-refractivity contribution in [2.45, 2.75) is 19.9 Å². The Labute approximate surface area is 139 Å². The van der Waals surface area contributed by atoms with Gasteiger partial charge in [0, 0.05) is 12.2 Å². The van der Waals surface area contributed by atoms with Crippen LogP contribution in [0.3, 0.4) is 0 Å². The highest BCUT2D eigenvalue weighted by molar-refractivity contribution is 6.45. The van der Waals surface area contributed by atoms with Gasteiger partial charge in [-0.3, -0.25) is 9.59 Å². The molecule has 0 unspecified atom stereocenters. The fourth-order valence-corrected chi connectivity index (χ4v) is 3.12. The number of rotatable bonds is 5. The summed E-state index contributed by atoms with van der Waals surface area (Å²) in [6, 6.07) is 14.9. The van der Waals surface area contributed by atoms with Crippen molar-refractivity contribution in [1.29, 1.82) is 0 Å². The second-order valence-corrected chi connectivity index (χ2v) is 5.61. The molecule has 0 saturated heterocycles. The molecule has 3 aromatic rings. The van der Waals surface area contributed by atoms with Crippen molar-refractivity contribution in [2.24, 2.45) is 5.73 Å². The number of nitrogens with two attached hydrogens (primary N) is 1. The Balaban J connectivity index is 2.31. The molecule has 0 atom stereocenters. The van der Waals surface area contributed by atoms with Crippen LogP contribution in [0, 0.1) is 0 Å². The summed E-state index contributed by atoms with van der Waals surface area (Å²) in [7, 11) is 0. The fraction of sp³-hybridized carbons (Fsp3) is 0.158. The van der Waals surface area contributed by atoms with Crippen LogP contribution in [0.1, 0.15) is 28.5 Å². The predicted molar refractivity (Wildman–Crippen MR) is 92.0 cm³/mol. The first-order chi connectivity index (χ1) is 11.5. The number of carbonyl (C=O) groups excluding carboxylic acids is 2. The van der Waals surface area contributed by atoms with Crippen molar-refractivity contribution in [2.75, 3.05) is 0 Å². The van der Waals surface area contributed by atoms with E-state index in [0.717, 1.165) is 5.56 Å². The van der Waals surface area contributed by atoms with Gasteiger partial charge in [0.1, 0.15) is 5.75 Å². The average Bonchev–Trinajstić information content (AvgIpc) is 2.90. The summed E-state index contributed by atoms with van der Waals surface area (Å²) in [5.74, 6) is -1.82. The SMILES string of the molecule is CCc1c(C(=O)C(N)=O)c2c(O)cccc2n1Cc1ccccc1. The number of amides is 1. The highest BCUT2D eigenvalue weighted by Crippen LogP contribution is 2.34. The molecule has 1 aromatic heterocycles. The molecule has 0 spiro atoms. The summed E-state index contributed by atoms with van der Waals surface area (Å²) >= 11 is 0. The van der Waals surface area contributed by atoms with Gasteiger partial charge in [-0.15, -0.1) is 0 Å². The second kappa shape index (κ2) is 6.20. The molecule has 0 bridgehead atoms. The number of benzene rings is 2. The van der Waals surface area contributed by atoms with Gasteiger partial charge in [-0.2, -0.15) is 0 Å². The van der Waals surface area contributed by atoms with E-state index in [1.165, 1.54) is 6.07 Å². The van der Waals surface area contributed by atoms with Crippen LogP contribution < -0.4 is 5.73 Å². The van der Waals surface area contributed by atoms with Crippen molar-refractivity contribution in [3.8, 4) is 5.75 Å². The zero-order valence-corrected chi connectivity index (χ0v) is 13.3. The number of phenols is 1. The number of ketones is 1. The van der Waals surface area contributed by atoms with Crippen LogP contribution in [0.5, 0.6) is 5.75 Å². The maximum absolute atomic E-state index is 12.4. The molecule has 1 amide bonds. The molecule has 0 saturated carbocycles. The first-order valence-corrected chi connectivity index (χ1v) is 7.75. The number of Topliss-reactive ketones (excluding diaryl/α,β-unsaturated/α-hetero) is 1. The minimum atomic E-state index is -1.02. The third-order valence-corrected chi connectivity index (χ3v) is 4.14. The summed E-state index contributed by atoms with van der Waals surface area (Å²) < 4.78 is 1.96. The van der Waals surface area contributed by atoms with Crippen LogP contribution in [-0.4, -0.2) is 21.4 Å². The van der Waals surface area contributed by atoms with E-state index in [2.05, 4.69) is 0 Å². The zero-order chi connectivity index (χ0) is 17.3. The van der Waals surface area contributed by atoms with Crippen LogP contribution >= 0.6 is 0 Å². The normalized spacial score (nSPS) is 10.9. The first-order valence-electron chi connectivity index (χ1n) is 7.75. The van der Waals surface area contributed by atoms with Crippen molar-refractivity contribution in [1.82, 2.24) is 4.57 Å². The molecule has 3 N–H and O–H groups in total. The lowest BCUT2D eigenvalue weighted by Crippen LogP contribution is -2.24. The standard InChI is InChI=1S/C19H18N2O3/c1-2-13-17(18(23)19(20)24)16-14(9-6-10-15(16)22)21(13)11-12-7-4-3-5-8-12/h3-10,22H,2,11H2,1H3,(H2,20,24). The zero-order valence-electron chi connectivity index (χ0n) is 13.3. The Morgan fingerprint density at radius 1 is 1.08 bits per heavy atom. The van der Waals surface area contributed by atoms with Crippen LogP contribution in [-0.2, 0) is 17.8 Å². The Bertz CT molecular complexity index is 927. The third-order valence-electron chi connectivity index (χ3n) is 4.14. The molecule has 0 aliphatic carbocycles. The third kappa shape index (κ3) is 2.54. The highest BCUT2D eigenvalue weighted by Gasteiger charge is 2.26. The molecule has 24 heavy (non-hydrogen) atoms. The van der Waals surface area contributed by atoms with Gasteiger partial charge in [-0.1, -0.05) is 43.3 Å². The number of phenolic OH excluding ortho intramolecular Hbond substituents is 1. The quantitative estimate of drug-likeness (QED) is 0.559. The van der Waals surface area contributed by atoms with Crippen molar-refractivity contribution in [3.63, 3.8) is 0 Å². The van der Waals surface area contributed by atoms with Crippen LogP contribution in [0.15, 0.2) is 48.5 Å². The topological polar surface area (TPSA) is 85.3 Å². The molecule has 2 aromatic carbocycles. The number of aromatic nitrogens is 1. The van der Waals surface area contributed by atoms with E-state index < -0.39 is 11.7 Å². The maximum Gasteiger partial charge on any atom is 0.289 e. The minimum Gasteiger partial charge on any atom is -0.507 e. The smallest absolute Gasteiger partial charge is 0.289 e. The second-order valence-electron chi connectivity index (χ2n) is 5.61. The molecule has 1 heterocycles. The average molecular weight is 322 g/mol. The molecule has 0 aliphatic heterocycles. The molecular formula is C19H18N2O3. The molecule has 0 fully saturated rings. The predicted octanol–water partition coefficient (Wildman–Crippen LogP) is 2.63. The van der Waals surface area contributed by atoms with Crippen molar-refractivity contribution >= 4 is 22.6 Å². The number of hydrogen-bond donors (Lipinski definition) is 2. The van der Waals surface area contributed by atoms with Crippen LogP contribution in [0.2, 0.25) is 0 Å². The number of hydrogen-bond acceptors (Lipinski definition) is 3. The first kappa shape index (κ1) is 15.8. The van der Waals surface area contributed by atoms with Gasteiger partial charge < -0.3 is 15.4 Å². The van der Waals surface area contributed by atoms with Crippen molar-refractivity contribution < 1.29 is 14.7 Å². The molecular weight excluding hydrogens is 304 g/mol. The lowest BCUT2D eigenvalue weighted by molar-refractivity contribution is -0.114. The van der Waals surface area contributed by atoms with Gasteiger partial charge in [-0.25, -0.2) is 0 Å². The Morgan fingerprint density at radius 3 is 2.42 bits per heavy atom. The Kier molecular flexibility index (Phi) is 4.08. The maximum atomic E-state index is 12.4. The van der Waals surface area contributed by atoms with Gasteiger partial charge in [0.2, 0.25) is 0 Å². The van der Waals surface area contributed by atoms with E-state index in [1.807, 2.05) is 47.9 Å². The van der Waals surface area contributed by atoms with E-state index in [4.69, 9.17) is 5.73 Å². The summed E-state index contributed by atoms with van der Waals surface area (Å²) in [5.41, 5.74) is 7.88. The van der Waals surface area contributed by atoms with E-state index in [1.54, 1.807) is 6.07 Å². The number of fused-ring (bicyclic) bond motifs is 1. The monoisotopic (exact) mass is 322 g/mol. The minimum absolute atomic E-state index is 0.0291. The lowest BCUT2D eigenvalue weighted by atomic mass is 10.0. The molecule has 5 heteroatoms. The van der Waals surface area contributed by atoms with Gasteiger partial charge in [0.25, 0.3) is 11.7 Å². The molecule has 122 valence electrons. The van der Waals surface area contributed by atoms with Gasteiger partial charge in [0.05, 0.1) is 16.5 Å². The van der Waals surface area contributed by atoms with Gasteiger partial charge in [0.15, 0.2) is 0 Å². The number of carbonyl (C=O) groups is 2. The summed E-state index contributed by atoms with van der Waals surface area (Å²) in [4.78, 5) is 23.8. The Morgan fingerprint density at radius 2 is 1.79 bits per heavy atom. The molecule has 3 rings (SSSR count). The summed E-state index contributed by atoms with van der Waals surface area (Å²) in [5, 5.41) is 10.6. The van der Waals surface area contributed by atoms with Crippen LogP contribution in [0.25, 0.3) is 10.9 Å². The fourth-order valence-electron chi connectivity index (χ4n) is 3.12. The summed E-state index contributed by atoms with van der Waals surface area (Å²) in [6.07, 6.45) is 0.537. The van der Waals surface area contributed by atoms with E-state index >= 15 is 0 Å². The van der Waals surface area contributed by atoms with Crippen LogP contribution in [0.4, 0.5) is 0 Å². The number of primary amides is 1. The van der Waals surface area contributed by atoms with E-state index in [0.29, 0.717) is 29.6 Å². The Hall–Kier alpha value is -3.08. The molecule has 0 aliphatic rings. The lowest BCUT2D eigenvalue weighted by Gasteiger charge is -2.10. The van der Waals surface area contributed by atoms with E-state index in [-0.39, 0.29) is 11.3 Å². The highest BCUT2D eigenvalue weighted by atomic mass is 16.3. The largest absolute Gasteiger partial charge is 0.507 e. The summed E-state index contributed by atoms with van der Waals surface area (Å²) in [6.45, 7) is 2.44. The number of nitrogens with zero attached hydrogens (tertiary/aromatic N) is 1. The van der Waals surface area contributed by atoms with Gasteiger partial charge in [-0.05, 0) is 24.1 Å². The van der Waals surface area contributed by atoms with Gasteiger partial charge >= 0.3 is 0 Å². The molecule has 5 nitrogen and oxygen atoms in total. The van der Waals surface area contributed by atoms with Crippen molar-refractivity contribution in [3.05, 3.63) is 65.4 Å². The van der Waals surface area contributed by atoms with E-state index in [9.17, 15) is 14.7 Å². The number of aromatic hydroxyl groups is 1.